The van der Waals surface area contributed by atoms with Crippen LogP contribution in [0.15, 0.2) is 77.9 Å². The van der Waals surface area contributed by atoms with Crippen LogP contribution in [0.2, 0.25) is 0 Å². The fourth-order valence-electron chi connectivity index (χ4n) is 4.96. The first-order valence-corrected chi connectivity index (χ1v) is 12.2. The van der Waals surface area contributed by atoms with Gasteiger partial charge >= 0.3 is 6.18 Å². The van der Waals surface area contributed by atoms with E-state index < -0.39 is 17.3 Å². The third kappa shape index (κ3) is 4.28. The molecule has 9 heteroatoms. The molecule has 0 bridgehead atoms. The van der Waals surface area contributed by atoms with Crippen LogP contribution in [0, 0.1) is 6.92 Å². The summed E-state index contributed by atoms with van der Waals surface area (Å²) in [5, 5.41) is 1.30. The first kappa shape index (κ1) is 24.1. The van der Waals surface area contributed by atoms with Gasteiger partial charge in [0.15, 0.2) is 0 Å². The smallest absolute Gasteiger partial charge is 0.378 e. The van der Waals surface area contributed by atoms with Crippen LogP contribution in [0.1, 0.15) is 11.3 Å². The van der Waals surface area contributed by atoms with E-state index in [1.807, 2.05) is 37.3 Å². The monoisotopic (exact) mass is 516 g/mol. The number of rotatable bonds is 3. The second-order valence-electron chi connectivity index (χ2n) is 9.29. The van der Waals surface area contributed by atoms with Crippen LogP contribution in [-0.2, 0) is 10.9 Å². The maximum absolute atomic E-state index is 14.3. The average Bonchev–Trinajstić information content (AvgIpc) is 2.93. The quantitative estimate of drug-likeness (QED) is 0.285. The molecule has 0 unspecified atom stereocenters. The highest BCUT2D eigenvalue weighted by atomic mass is 19.4. The normalized spacial score (nSPS) is 14.4. The molecule has 2 aromatic carbocycles. The Morgan fingerprint density at radius 2 is 1.66 bits per heavy atom. The van der Waals surface area contributed by atoms with E-state index in [0.29, 0.717) is 48.1 Å². The van der Waals surface area contributed by atoms with Gasteiger partial charge in [-0.05, 0) is 55.0 Å². The van der Waals surface area contributed by atoms with Gasteiger partial charge in [-0.2, -0.15) is 13.2 Å². The molecule has 0 N–H and O–H groups in total. The van der Waals surface area contributed by atoms with Crippen LogP contribution in [0.3, 0.4) is 0 Å². The maximum Gasteiger partial charge on any atom is 0.418 e. The number of nitrogens with zero attached hydrogens (tertiary/aromatic N) is 4. The summed E-state index contributed by atoms with van der Waals surface area (Å²) in [6.07, 6.45) is -1.21. The Morgan fingerprint density at radius 1 is 0.868 bits per heavy atom. The lowest BCUT2D eigenvalue weighted by atomic mass is 10.0. The van der Waals surface area contributed by atoms with E-state index >= 15 is 0 Å². The van der Waals surface area contributed by atoms with Gasteiger partial charge in [-0.3, -0.25) is 19.3 Å². The molecule has 0 amide bonds. The molecule has 1 aliphatic heterocycles. The van der Waals surface area contributed by atoms with Crippen molar-refractivity contribution in [2.75, 3.05) is 31.2 Å². The van der Waals surface area contributed by atoms with E-state index in [1.165, 1.54) is 16.7 Å². The minimum absolute atomic E-state index is 0.0820. The molecule has 6 rings (SSSR count). The highest BCUT2D eigenvalue weighted by molar-refractivity contribution is 6.05. The largest absolute Gasteiger partial charge is 0.418 e. The Kier molecular flexibility index (Phi) is 5.87. The fourth-order valence-corrected chi connectivity index (χ4v) is 4.96. The van der Waals surface area contributed by atoms with Gasteiger partial charge in [0.2, 0.25) is 0 Å². The van der Waals surface area contributed by atoms with Crippen molar-refractivity contribution in [1.82, 2.24) is 14.5 Å². The minimum Gasteiger partial charge on any atom is -0.378 e. The van der Waals surface area contributed by atoms with Gasteiger partial charge in [0.05, 0.1) is 35.5 Å². The Hall–Kier alpha value is -4.24. The number of fused-ring (bicyclic) bond motifs is 3. The number of alkyl halides is 3. The zero-order valence-corrected chi connectivity index (χ0v) is 20.5. The van der Waals surface area contributed by atoms with E-state index in [2.05, 4.69) is 9.97 Å². The van der Waals surface area contributed by atoms with Gasteiger partial charge in [0, 0.05) is 59.3 Å². The first-order chi connectivity index (χ1) is 18.3. The maximum atomic E-state index is 14.3. The molecule has 1 aliphatic rings. The molecule has 0 atom stereocenters. The number of aryl methyl sites for hydroxylation is 1. The lowest BCUT2D eigenvalue weighted by Crippen LogP contribution is -2.37. The van der Waals surface area contributed by atoms with Crippen LogP contribution < -0.4 is 10.5 Å². The van der Waals surface area contributed by atoms with Crippen molar-refractivity contribution in [3.8, 4) is 16.8 Å². The van der Waals surface area contributed by atoms with E-state index in [1.54, 1.807) is 29.4 Å². The Balaban J connectivity index is 1.60. The first-order valence-electron chi connectivity index (χ1n) is 12.2. The van der Waals surface area contributed by atoms with Crippen molar-refractivity contribution in [3.05, 3.63) is 94.7 Å². The summed E-state index contributed by atoms with van der Waals surface area (Å²) in [5.41, 5.74) is 2.76. The lowest BCUT2D eigenvalue weighted by Gasteiger charge is -2.31. The zero-order chi connectivity index (χ0) is 26.4. The average molecular weight is 517 g/mol. The standard InChI is InChI=1S/C29H23F3N4O2/c1-18-2-3-20(16-33-18)19-4-7-25-23(14-19)28-21(17-34-25)5-9-27(37)36(28)22-6-8-26(24(15-22)29(30,31)32)35-10-12-38-13-11-35/h2-9,14-17H,10-13H2,1H3. The highest BCUT2D eigenvalue weighted by Gasteiger charge is 2.36. The van der Waals surface area contributed by atoms with Crippen LogP contribution in [0.4, 0.5) is 18.9 Å². The third-order valence-corrected chi connectivity index (χ3v) is 6.86. The Bertz CT molecular complexity index is 1720. The second kappa shape index (κ2) is 9.25. The number of pyridine rings is 3. The van der Waals surface area contributed by atoms with E-state index in [0.717, 1.165) is 22.9 Å². The van der Waals surface area contributed by atoms with E-state index in [9.17, 15) is 18.0 Å². The van der Waals surface area contributed by atoms with Crippen molar-refractivity contribution >= 4 is 27.5 Å². The van der Waals surface area contributed by atoms with Gasteiger partial charge in [-0.15, -0.1) is 0 Å². The predicted octanol–water partition coefficient (Wildman–Crippen LogP) is 5.76. The summed E-state index contributed by atoms with van der Waals surface area (Å²) in [6.45, 7) is 3.35. The molecule has 6 nitrogen and oxygen atoms in total. The SMILES string of the molecule is Cc1ccc(-c2ccc3ncc4ccc(=O)n(-c5ccc(N6CCOCC6)c(C(F)(F)F)c5)c4c3c2)cn1. The third-order valence-electron chi connectivity index (χ3n) is 6.86. The predicted molar refractivity (Wildman–Crippen MR) is 141 cm³/mol. The molecule has 5 aromatic rings. The summed E-state index contributed by atoms with van der Waals surface area (Å²) in [5.74, 6) is 0. The summed E-state index contributed by atoms with van der Waals surface area (Å²) >= 11 is 0. The molecular formula is C29H23F3N4O2. The van der Waals surface area contributed by atoms with Crippen molar-refractivity contribution in [2.45, 2.75) is 13.1 Å². The van der Waals surface area contributed by atoms with Crippen LogP contribution >= 0.6 is 0 Å². The number of ether oxygens (including phenoxy) is 1. The minimum atomic E-state index is -4.60. The molecule has 0 radical (unpaired) electrons. The molecule has 192 valence electrons. The van der Waals surface area contributed by atoms with Crippen LogP contribution in [0.25, 0.3) is 38.6 Å². The lowest BCUT2D eigenvalue weighted by molar-refractivity contribution is -0.137. The number of anilines is 1. The summed E-state index contributed by atoms with van der Waals surface area (Å²) in [6, 6.07) is 16.6. The Labute approximate surface area is 215 Å². The molecule has 3 aromatic heterocycles. The number of aromatic nitrogens is 3. The topological polar surface area (TPSA) is 60.2 Å². The molecule has 1 saturated heterocycles. The van der Waals surface area contributed by atoms with Gasteiger partial charge in [-0.1, -0.05) is 12.1 Å². The highest BCUT2D eigenvalue weighted by Crippen LogP contribution is 2.39. The molecule has 0 saturated carbocycles. The van der Waals surface area contributed by atoms with Gasteiger partial charge in [0.1, 0.15) is 0 Å². The van der Waals surface area contributed by atoms with Crippen molar-refractivity contribution in [3.63, 3.8) is 0 Å². The molecule has 4 heterocycles. The van der Waals surface area contributed by atoms with Gasteiger partial charge in [0.25, 0.3) is 5.56 Å². The van der Waals surface area contributed by atoms with Crippen molar-refractivity contribution < 1.29 is 17.9 Å². The molecular weight excluding hydrogens is 493 g/mol. The van der Waals surface area contributed by atoms with E-state index in [4.69, 9.17) is 4.74 Å². The number of morpholine rings is 1. The number of hydrogen-bond acceptors (Lipinski definition) is 5. The van der Waals surface area contributed by atoms with Gasteiger partial charge < -0.3 is 9.64 Å². The van der Waals surface area contributed by atoms with E-state index in [-0.39, 0.29) is 11.4 Å². The second-order valence-corrected chi connectivity index (χ2v) is 9.29. The van der Waals surface area contributed by atoms with Crippen LogP contribution in [0.5, 0.6) is 0 Å². The molecule has 1 fully saturated rings. The summed E-state index contributed by atoms with van der Waals surface area (Å²) < 4.78 is 49.5. The zero-order valence-electron chi connectivity index (χ0n) is 20.5. The van der Waals surface area contributed by atoms with Crippen LogP contribution in [-0.4, -0.2) is 40.8 Å². The fraction of sp³-hybridized carbons (Fsp3) is 0.207. The summed E-state index contributed by atoms with van der Waals surface area (Å²) in [4.78, 5) is 23.8. The van der Waals surface area contributed by atoms with Crippen molar-refractivity contribution in [1.29, 1.82) is 0 Å². The van der Waals surface area contributed by atoms with Gasteiger partial charge in [-0.25, -0.2) is 0 Å². The number of hydrogen-bond donors (Lipinski definition) is 0. The molecule has 0 aliphatic carbocycles. The Morgan fingerprint density at radius 3 is 2.39 bits per heavy atom. The molecule has 38 heavy (non-hydrogen) atoms. The summed E-state index contributed by atoms with van der Waals surface area (Å²) in [7, 11) is 0. The number of halogens is 3. The molecule has 0 spiro atoms. The number of benzene rings is 2. The van der Waals surface area contributed by atoms with Crippen molar-refractivity contribution in [2.24, 2.45) is 0 Å².